The molecule has 0 saturated heterocycles. The number of ether oxygens (including phenoxy) is 2. The Kier molecular flexibility index (Phi) is 7.94. The number of anilines is 5. The van der Waals surface area contributed by atoms with Gasteiger partial charge in [-0.15, -0.1) is 11.3 Å². The molecule has 2 aliphatic heterocycles. The fourth-order valence-corrected chi connectivity index (χ4v) is 11.7. The van der Waals surface area contributed by atoms with Crippen molar-refractivity contribution in [2.75, 3.05) is 9.80 Å². The summed E-state index contributed by atoms with van der Waals surface area (Å²) < 4.78 is 15.7. The van der Waals surface area contributed by atoms with Gasteiger partial charge in [-0.1, -0.05) is 121 Å². The van der Waals surface area contributed by atoms with Gasteiger partial charge in [0.05, 0.1) is 22.8 Å². The second-order valence-electron chi connectivity index (χ2n) is 17.1. The lowest BCUT2D eigenvalue weighted by molar-refractivity contribution is 0.421. The summed E-state index contributed by atoms with van der Waals surface area (Å²) in [7, 11) is 0. The number of nitrogens with zero attached hydrogens (tertiary/aromatic N) is 2. The molecule has 0 spiro atoms. The topological polar surface area (TPSA) is 24.9 Å². The number of fused-ring (bicyclic) bond motifs is 9. The number of hydrogen-bond acceptors (Lipinski definition) is 5. The van der Waals surface area contributed by atoms with Crippen LogP contribution < -0.4 is 19.3 Å². The average molecular weight is 851 g/mol. The Labute approximate surface area is 379 Å². The summed E-state index contributed by atoms with van der Waals surface area (Å²) >= 11 is 1.86. The minimum atomic E-state index is 0.834. The van der Waals surface area contributed by atoms with E-state index in [4.69, 9.17) is 9.47 Å². The van der Waals surface area contributed by atoms with Crippen LogP contribution in [-0.4, -0.2) is 0 Å². The molecule has 1 aliphatic carbocycles. The molecule has 14 rings (SSSR count). The molecule has 65 heavy (non-hydrogen) atoms. The SMILES string of the molecule is C1=CC2=C(CC1)N(c1ccc3c(-c4ccc5sc6ccccc6c5c4)c4cc(N5c6ccccc6Oc6ccccc65)ccc4c(-c4cccc5ccccc45)c3c1)c1ccccc1O2. The maximum absolute atomic E-state index is 6.56. The Morgan fingerprint density at radius 2 is 1.02 bits per heavy atom. The van der Waals surface area contributed by atoms with Gasteiger partial charge in [0, 0.05) is 31.5 Å². The highest BCUT2D eigenvalue weighted by molar-refractivity contribution is 7.25. The predicted octanol–water partition coefficient (Wildman–Crippen LogP) is 17.5. The maximum atomic E-state index is 6.56. The first-order valence-electron chi connectivity index (χ1n) is 22.3. The Morgan fingerprint density at radius 3 is 1.80 bits per heavy atom. The summed E-state index contributed by atoms with van der Waals surface area (Å²) in [6, 6.07) is 70.8. The quantitative estimate of drug-likeness (QED) is 0.165. The van der Waals surface area contributed by atoms with Crippen molar-refractivity contribution < 1.29 is 9.47 Å². The van der Waals surface area contributed by atoms with Crippen LogP contribution in [0, 0.1) is 0 Å². The fraction of sp³-hybridized carbons (Fsp3) is 0.0333. The number of thiophene rings is 1. The van der Waals surface area contributed by atoms with Crippen molar-refractivity contribution in [1.82, 2.24) is 0 Å². The first kappa shape index (κ1) is 36.4. The van der Waals surface area contributed by atoms with E-state index in [9.17, 15) is 0 Å². The molecule has 0 saturated carbocycles. The van der Waals surface area contributed by atoms with Crippen LogP contribution >= 0.6 is 11.3 Å². The lowest BCUT2D eigenvalue weighted by Crippen LogP contribution is -2.25. The van der Waals surface area contributed by atoms with Crippen molar-refractivity contribution in [3.05, 3.63) is 218 Å². The van der Waals surface area contributed by atoms with E-state index >= 15 is 0 Å². The molecule has 3 heterocycles. The molecule has 306 valence electrons. The molecule has 0 radical (unpaired) electrons. The van der Waals surface area contributed by atoms with E-state index in [0.717, 1.165) is 64.3 Å². The third-order valence-electron chi connectivity index (χ3n) is 13.5. The molecule has 0 amide bonds. The van der Waals surface area contributed by atoms with Crippen LogP contribution in [0.3, 0.4) is 0 Å². The molecule has 1 aromatic heterocycles. The molecule has 0 bridgehead atoms. The second-order valence-corrected chi connectivity index (χ2v) is 18.2. The minimum Gasteiger partial charge on any atom is -0.453 e. The fourth-order valence-electron chi connectivity index (χ4n) is 10.6. The zero-order chi connectivity index (χ0) is 42.6. The van der Waals surface area contributed by atoms with Crippen LogP contribution in [0.15, 0.2) is 218 Å². The van der Waals surface area contributed by atoms with E-state index in [1.165, 1.54) is 80.4 Å². The van der Waals surface area contributed by atoms with E-state index < -0.39 is 0 Å². The third kappa shape index (κ3) is 5.56. The molecule has 3 aliphatic rings. The summed E-state index contributed by atoms with van der Waals surface area (Å²) in [6.07, 6.45) is 6.22. The second kappa shape index (κ2) is 14.2. The summed E-state index contributed by atoms with van der Waals surface area (Å²) in [5.74, 6) is 3.44. The van der Waals surface area contributed by atoms with Gasteiger partial charge in [-0.3, -0.25) is 0 Å². The molecule has 0 N–H and O–H groups in total. The van der Waals surface area contributed by atoms with Gasteiger partial charge in [0.25, 0.3) is 0 Å². The molecule has 0 unspecified atom stereocenters. The van der Waals surface area contributed by atoms with Crippen LogP contribution in [0.25, 0.3) is 74.7 Å². The highest BCUT2D eigenvalue weighted by atomic mass is 32.1. The van der Waals surface area contributed by atoms with Gasteiger partial charge in [-0.2, -0.15) is 0 Å². The van der Waals surface area contributed by atoms with Crippen molar-refractivity contribution >= 4 is 92.3 Å². The monoisotopic (exact) mass is 850 g/mol. The summed E-state index contributed by atoms with van der Waals surface area (Å²) in [6.45, 7) is 0. The van der Waals surface area contributed by atoms with Crippen LogP contribution in [-0.2, 0) is 0 Å². The standard InChI is InChI=1S/C60H38N2O2S/c1-2-16-41-37(14-1)15-13-18-43(41)60-45-32-30-39(61-49-19-4-8-23-53(49)63-54-24-9-5-20-50(54)61)35-47(45)59(38-28-33-58-46(34-38)42-17-3-12-27-57(42)65-58)44-31-29-40(36-48(44)60)62-51-21-6-10-25-55(51)64-56-26-11-7-22-52(56)62/h1-6,8-21,23-36H,7,22H2. The first-order chi connectivity index (χ1) is 32.2. The van der Waals surface area contributed by atoms with Gasteiger partial charge in [-0.25, -0.2) is 0 Å². The van der Waals surface area contributed by atoms with Crippen molar-refractivity contribution in [3.8, 4) is 39.5 Å². The van der Waals surface area contributed by atoms with Crippen LogP contribution in [0.5, 0.6) is 17.2 Å². The number of para-hydroxylation sites is 6. The van der Waals surface area contributed by atoms with Crippen molar-refractivity contribution in [3.63, 3.8) is 0 Å². The molecule has 11 aromatic rings. The molecule has 5 heteroatoms. The Morgan fingerprint density at radius 1 is 0.415 bits per heavy atom. The zero-order valence-corrected chi connectivity index (χ0v) is 36.0. The van der Waals surface area contributed by atoms with Crippen LogP contribution in [0.4, 0.5) is 28.4 Å². The Bertz CT molecular complexity index is 3830. The highest BCUT2D eigenvalue weighted by Crippen LogP contribution is 2.54. The van der Waals surface area contributed by atoms with Gasteiger partial charge in [0.15, 0.2) is 17.2 Å². The van der Waals surface area contributed by atoms with E-state index in [1.807, 2.05) is 23.5 Å². The molecule has 10 aromatic carbocycles. The summed E-state index contributed by atoms with van der Waals surface area (Å²) in [5.41, 5.74) is 11.3. The molecule has 0 fully saturated rings. The van der Waals surface area contributed by atoms with E-state index in [-0.39, 0.29) is 0 Å². The van der Waals surface area contributed by atoms with Crippen LogP contribution in [0.1, 0.15) is 12.8 Å². The summed E-state index contributed by atoms with van der Waals surface area (Å²) in [5, 5.41) is 9.78. The number of rotatable bonds is 4. The van der Waals surface area contributed by atoms with Crippen LogP contribution in [0.2, 0.25) is 0 Å². The van der Waals surface area contributed by atoms with Crippen molar-refractivity contribution in [1.29, 1.82) is 0 Å². The average Bonchev–Trinajstić information content (AvgIpc) is 3.74. The minimum absolute atomic E-state index is 0.834. The lowest BCUT2D eigenvalue weighted by atomic mass is 9.84. The number of benzene rings is 10. The molecular formula is C60H38N2O2S. The molecule has 0 atom stereocenters. The Hall–Kier alpha value is -8.12. The first-order valence-corrected chi connectivity index (χ1v) is 23.1. The molecular weight excluding hydrogens is 813 g/mol. The number of allylic oxidation sites excluding steroid dienone is 3. The maximum Gasteiger partial charge on any atom is 0.151 e. The zero-order valence-electron chi connectivity index (χ0n) is 35.2. The molecule has 4 nitrogen and oxygen atoms in total. The Balaban J connectivity index is 1.12. The van der Waals surface area contributed by atoms with Crippen molar-refractivity contribution in [2.45, 2.75) is 12.8 Å². The lowest BCUT2D eigenvalue weighted by Gasteiger charge is -2.36. The van der Waals surface area contributed by atoms with E-state index in [1.54, 1.807) is 0 Å². The highest BCUT2D eigenvalue weighted by Gasteiger charge is 2.30. The van der Waals surface area contributed by atoms with E-state index in [2.05, 4.69) is 204 Å². The van der Waals surface area contributed by atoms with Gasteiger partial charge in [0.2, 0.25) is 0 Å². The smallest absolute Gasteiger partial charge is 0.151 e. The van der Waals surface area contributed by atoms with Gasteiger partial charge < -0.3 is 19.3 Å². The van der Waals surface area contributed by atoms with Gasteiger partial charge >= 0.3 is 0 Å². The largest absolute Gasteiger partial charge is 0.453 e. The van der Waals surface area contributed by atoms with Gasteiger partial charge in [-0.05, 0) is 152 Å². The van der Waals surface area contributed by atoms with Gasteiger partial charge in [0.1, 0.15) is 5.76 Å². The normalized spacial score (nSPS) is 14.1. The summed E-state index contributed by atoms with van der Waals surface area (Å²) in [4.78, 5) is 4.80. The van der Waals surface area contributed by atoms with Crippen molar-refractivity contribution in [2.24, 2.45) is 0 Å². The van der Waals surface area contributed by atoms with E-state index in [0.29, 0.717) is 0 Å². The number of hydrogen-bond donors (Lipinski definition) is 0. The third-order valence-corrected chi connectivity index (χ3v) is 14.6. The predicted molar refractivity (Wildman–Crippen MR) is 272 cm³/mol.